The smallest absolute Gasteiger partial charge is 0.410 e. The molecule has 2 N–H and O–H groups in total. The fourth-order valence-electron chi connectivity index (χ4n) is 13.2. The van der Waals surface area contributed by atoms with Crippen LogP contribution in [0.3, 0.4) is 0 Å². The maximum absolute atomic E-state index is 14.8. The van der Waals surface area contributed by atoms with Gasteiger partial charge in [0.2, 0.25) is 5.78 Å². The molecule has 312 valence electrons. The van der Waals surface area contributed by atoms with Gasteiger partial charge < -0.3 is 19.8 Å². The number of ketones is 1. The highest BCUT2D eigenvalue weighted by Crippen LogP contribution is 2.62. The maximum Gasteiger partial charge on any atom is 0.415 e. The number of fused-ring (bicyclic) bond motifs is 10. The Morgan fingerprint density at radius 3 is 2.28 bits per heavy atom. The van der Waals surface area contributed by atoms with E-state index in [-0.39, 0.29) is 29.8 Å². The zero-order valence-corrected chi connectivity index (χ0v) is 36.0. The van der Waals surface area contributed by atoms with Crippen molar-refractivity contribution in [3.8, 4) is 5.75 Å². The molecule has 5 aromatic rings. The number of allylic oxidation sites excluding steroid dienone is 2. The van der Waals surface area contributed by atoms with Crippen LogP contribution in [0.25, 0.3) is 20.9 Å². The van der Waals surface area contributed by atoms with Crippen molar-refractivity contribution < 1.29 is 24.5 Å². The topological polar surface area (TPSA) is 87.1 Å². The van der Waals surface area contributed by atoms with Crippen molar-refractivity contribution in [2.24, 2.45) is 28.6 Å². The summed E-state index contributed by atoms with van der Waals surface area (Å²) in [6, 6.07) is 30.3. The monoisotopic (exact) mass is 821 g/mol. The zero-order valence-electron chi connectivity index (χ0n) is 35.2. The first kappa shape index (κ1) is 39.8. The third kappa shape index (κ3) is 7.43. The van der Waals surface area contributed by atoms with Crippen LogP contribution in [0.15, 0.2) is 103 Å². The Morgan fingerprint density at radius 2 is 1.53 bits per heavy atom. The van der Waals surface area contributed by atoms with E-state index in [0.717, 1.165) is 81.8 Å². The predicted molar refractivity (Wildman–Crippen MR) is 241 cm³/mol. The molecule has 4 unspecified atom stereocenters. The first-order valence-electron chi connectivity index (χ1n) is 22.6. The molecule has 7 aliphatic rings. The second-order valence-corrected chi connectivity index (χ2v) is 21.2. The molecule has 0 aliphatic heterocycles. The highest BCUT2D eigenvalue weighted by Gasteiger charge is 2.59. The van der Waals surface area contributed by atoms with Crippen LogP contribution in [0.4, 0.5) is 4.79 Å². The van der Waals surface area contributed by atoms with E-state index < -0.39 is 17.1 Å². The van der Waals surface area contributed by atoms with Crippen molar-refractivity contribution in [3.05, 3.63) is 124 Å². The van der Waals surface area contributed by atoms with Crippen LogP contribution in [0, 0.1) is 28.6 Å². The molecule has 0 radical (unpaired) electrons. The van der Waals surface area contributed by atoms with Crippen LogP contribution in [-0.4, -0.2) is 51.8 Å². The summed E-state index contributed by atoms with van der Waals surface area (Å²) in [6.07, 6.45) is 13.3. The van der Waals surface area contributed by atoms with Crippen molar-refractivity contribution >= 4 is 44.1 Å². The normalized spacial score (nSPS) is 31.2. The number of thiophene rings is 1. The van der Waals surface area contributed by atoms with Crippen molar-refractivity contribution in [2.45, 2.75) is 115 Å². The van der Waals surface area contributed by atoms with Crippen LogP contribution < -0.4 is 4.74 Å². The van der Waals surface area contributed by atoms with Gasteiger partial charge in [-0.25, -0.2) is 4.79 Å². The first-order valence-corrected chi connectivity index (χ1v) is 23.4. The maximum atomic E-state index is 14.8. The van der Waals surface area contributed by atoms with E-state index in [4.69, 9.17) is 4.74 Å². The fraction of sp³-hybridized carbons (Fsp3) is 0.472. The minimum atomic E-state index is -1.24. The lowest BCUT2D eigenvalue weighted by molar-refractivity contribution is -0.101. The van der Waals surface area contributed by atoms with E-state index in [1.54, 1.807) is 0 Å². The second kappa shape index (κ2) is 15.6. The SMILES string of the molecule is CC1=CCCC2(C)C(CCC2(O)CN(CC23CC4CC(CC(C4)C2)C3)C(=O)Oc2ccc3ccccc3c2)c2ccc(cc2C(=O)c2cc3ccccc3s2)CC(O)CC1. The summed E-state index contributed by atoms with van der Waals surface area (Å²) in [7, 11) is 0. The lowest BCUT2D eigenvalue weighted by Gasteiger charge is -2.58. The van der Waals surface area contributed by atoms with E-state index in [1.807, 2.05) is 65.6 Å². The number of nitrogens with zero attached hydrogens (tertiary/aromatic N) is 1. The third-order valence-corrected chi connectivity index (χ3v) is 17.0. The van der Waals surface area contributed by atoms with E-state index in [0.29, 0.717) is 54.8 Å². The van der Waals surface area contributed by atoms with Gasteiger partial charge in [0.15, 0.2) is 0 Å². The Hall–Kier alpha value is -4.30. The molecule has 5 saturated carbocycles. The molecular weight excluding hydrogens is 763 g/mol. The van der Waals surface area contributed by atoms with Crippen LogP contribution in [0.1, 0.15) is 123 Å². The molecule has 6 nitrogen and oxygen atoms in total. The standard InChI is InChI=1S/C53H59NO5S/c1-34-8-7-20-51(2)46(44-18-14-35(25-42(55)16-13-34)26-45(44)49(56)48-28-41-11-5-6-12-47(41)60-48)19-21-53(51,58)33-54(32-52-29-36-22-37(30-52)24-38(23-36)31-52)50(57)59-43-17-15-39-9-3-4-10-40(39)27-43/h3-6,8-12,14-15,17-18,26-28,36-38,42,46,55,58H,7,13,16,19-25,29-33H2,1-2H3. The molecule has 5 fully saturated rings. The third-order valence-electron chi connectivity index (χ3n) is 15.9. The summed E-state index contributed by atoms with van der Waals surface area (Å²) in [5.74, 6) is 2.55. The molecule has 1 amide bonds. The largest absolute Gasteiger partial charge is 0.415 e. The van der Waals surface area contributed by atoms with E-state index in [2.05, 4.69) is 50.3 Å². The molecule has 0 saturated heterocycles. The molecule has 12 rings (SSSR count). The van der Waals surface area contributed by atoms with E-state index >= 15 is 0 Å². The molecule has 6 bridgehead atoms. The zero-order chi connectivity index (χ0) is 41.2. The highest BCUT2D eigenvalue weighted by molar-refractivity contribution is 7.21. The molecule has 1 heterocycles. The van der Waals surface area contributed by atoms with Crippen LogP contribution in [0.5, 0.6) is 5.75 Å². The van der Waals surface area contributed by atoms with E-state index in [9.17, 15) is 19.8 Å². The van der Waals surface area contributed by atoms with Gasteiger partial charge in [-0.3, -0.25) is 4.79 Å². The minimum absolute atomic E-state index is 0.00873. The van der Waals surface area contributed by atoms with Crippen LogP contribution in [-0.2, 0) is 6.42 Å². The molecule has 0 spiro atoms. The molecule has 7 aliphatic carbocycles. The highest BCUT2D eigenvalue weighted by atomic mass is 32.1. The van der Waals surface area contributed by atoms with E-state index in [1.165, 1.54) is 36.2 Å². The number of hydrogen-bond donors (Lipinski definition) is 2. The average molecular weight is 822 g/mol. The van der Waals surface area contributed by atoms with Crippen LogP contribution in [0.2, 0.25) is 0 Å². The van der Waals surface area contributed by atoms with Gasteiger partial charge in [0.05, 0.1) is 23.1 Å². The van der Waals surface area contributed by atoms with Gasteiger partial charge in [0.1, 0.15) is 5.75 Å². The minimum Gasteiger partial charge on any atom is -0.410 e. The van der Waals surface area contributed by atoms with Gasteiger partial charge in [0.25, 0.3) is 0 Å². The fourth-order valence-corrected chi connectivity index (χ4v) is 14.2. The van der Waals surface area contributed by atoms with Gasteiger partial charge in [-0.05, 0) is 177 Å². The van der Waals surface area contributed by atoms with Gasteiger partial charge in [-0.2, -0.15) is 0 Å². The number of benzene rings is 4. The summed E-state index contributed by atoms with van der Waals surface area (Å²) < 4.78 is 7.41. The Bertz CT molecular complexity index is 2420. The van der Waals surface area contributed by atoms with Gasteiger partial charge in [-0.1, -0.05) is 79.2 Å². The Balaban J connectivity index is 1.03. The summed E-state index contributed by atoms with van der Waals surface area (Å²) >= 11 is 1.52. The van der Waals surface area contributed by atoms with Gasteiger partial charge >= 0.3 is 6.09 Å². The predicted octanol–water partition coefficient (Wildman–Crippen LogP) is 12.0. The van der Waals surface area contributed by atoms with Gasteiger partial charge in [-0.15, -0.1) is 11.3 Å². The Kier molecular flexibility index (Phi) is 10.3. The summed E-state index contributed by atoms with van der Waals surface area (Å²) in [5.41, 5.74) is 1.93. The van der Waals surface area contributed by atoms with Crippen molar-refractivity contribution in [3.63, 3.8) is 0 Å². The number of carbonyl (C=O) groups excluding carboxylic acids is 2. The quantitative estimate of drug-likeness (QED) is 0.126. The van der Waals surface area contributed by atoms with Crippen molar-refractivity contribution in [2.75, 3.05) is 13.1 Å². The molecule has 1 aromatic heterocycles. The van der Waals surface area contributed by atoms with Gasteiger partial charge in [0, 0.05) is 22.2 Å². The Morgan fingerprint density at radius 1 is 0.817 bits per heavy atom. The summed E-state index contributed by atoms with van der Waals surface area (Å²) in [4.78, 5) is 32.2. The molecule has 4 aromatic carbocycles. The second-order valence-electron chi connectivity index (χ2n) is 20.1. The Labute approximate surface area is 358 Å². The number of hydrogen-bond acceptors (Lipinski definition) is 6. The molecule has 4 atom stereocenters. The molecular formula is C53H59NO5S. The molecule has 60 heavy (non-hydrogen) atoms. The number of aliphatic hydroxyl groups is 2. The number of aliphatic hydroxyl groups excluding tert-OH is 1. The van der Waals surface area contributed by atoms with Crippen LogP contribution >= 0.6 is 11.3 Å². The average Bonchev–Trinajstić information content (AvgIpc) is 3.77. The summed E-state index contributed by atoms with van der Waals surface area (Å²) in [6.45, 7) is 5.14. The molecule has 7 heteroatoms. The van der Waals surface area contributed by atoms with Crippen molar-refractivity contribution in [1.29, 1.82) is 0 Å². The number of ether oxygens (including phenoxy) is 1. The lowest BCUT2D eigenvalue weighted by Crippen LogP contribution is -2.58. The number of carbonyl (C=O) groups is 2. The number of rotatable bonds is 7. The van der Waals surface area contributed by atoms with Crippen molar-refractivity contribution in [1.82, 2.24) is 4.90 Å². The first-order chi connectivity index (χ1) is 28.9. The summed E-state index contributed by atoms with van der Waals surface area (Å²) in [5, 5.41) is 27.8. The number of amides is 1. The lowest BCUT2D eigenvalue weighted by atomic mass is 9.49.